The van der Waals surface area contributed by atoms with Gasteiger partial charge in [0.2, 0.25) is 0 Å². The molecule has 0 aliphatic rings. The van der Waals surface area contributed by atoms with Crippen LogP contribution >= 0.6 is 0 Å². The van der Waals surface area contributed by atoms with Crippen LogP contribution in [0, 0.1) is 17.1 Å². The fraction of sp³-hybridized carbons (Fsp3) is 0.222. The molecule has 0 unspecified atom stereocenters. The van der Waals surface area contributed by atoms with E-state index in [4.69, 9.17) is 5.26 Å². The first-order valence-corrected chi connectivity index (χ1v) is 3.46. The number of hydrogen-bond acceptors (Lipinski definition) is 1. The maximum Gasteiger partial charge on any atom is 0.126 e. The molecule has 0 heterocycles. The Bertz CT molecular complexity index is 299. The lowest BCUT2D eigenvalue weighted by molar-refractivity contribution is 0.612. The van der Waals surface area contributed by atoms with Gasteiger partial charge in [-0.15, -0.1) is 0 Å². The van der Waals surface area contributed by atoms with Crippen LogP contribution in [0.5, 0.6) is 0 Å². The minimum atomic E-state index is -0.230. The summed E-state index contributed by atoms with van der Waals surface area (Å²) in [7, 11) is 0. The molecule has 0 aliphatic heterocycles. The Morgan fingerprint density at radius 3 is 2.82 bits per heavy atom. The van der Waals surface area contributed by atoms with E-state index in [2.05, 4.69) is 0 Å². The summed E-state index contributed by atoms with van der Waals surface area (Å²) in [6.07, 6.45) is 0.626. The molecule has 0 saturated carbocycles. The molecule has 2 heteroatoms. The van der Waals surface area contributed by atoms with E-state index in [1.165, 1.54) is 12.1 Å². The zero-order chi connectivity index (χ0) is 8.27. The highest BCUT2D eigenvalue weighted by Crippen LogP contribution is 2.09. The molecular formula is C9H8FN. The van der Waals surface area contributed by atoms with Crippen molar-refractivity contribution < 1.29 is 4.39 Å². The van der Waals surface area contributed by atoms with Gasteiger partial charge in [-0.3, -0.25) is 0 Å². The SMILES string of the molecule is CCc1cc(C#N)ccc1F. The molecule has 1 nitrogen and oxygen atoms in total. The second-order valence-corrected chi connectivity index (χ2v) is 2.27. The smallest absolute Gasteiger partial charge is 0.126 e. The number of benzene rings is 1. The van der Waals surface area contributed by atoms with Gasteiger partial charge in [0.05, 0.1) is 11.6 Å². The Morgan fingerprint density at radius 2 is 2.27 bits per heavy atom. The van der Waals surface area contributed by atoms with E-state index in [-0.39, 0.29) is 5.82 Å². The first kappa shape index (κ1) is 7.74. The van der Waals surface area contributed by atoms with Crippen LogP contribution in [0.15, 0.2) is 18.2 Å². The largest absolute Gasteiger partial charge is 0.207 e. The third-order valence-corrected chi connectivity index (χ3v) is 1.56. The van der Waals surface area contributed by atoms with Gasteiger partial charge in [0.1, 0.15) is 5.82 Å². The summed E-state index contributed by atoms with van der Waals surface area (Å²) < 4.78 is 12.8. The summed E-state index contributed by atoms with van der Waals surface area (Å²) in [5.41, 5.74) is 1.12. The molecule has 0 aliphatic carbocycles. The van der Waals surface area contributed by atoms with Crippen molar-refractivity contribution in [2.45, 2.75) is 13.3 Å². The highest BCUT2D eigenvalue weighted by molar-refractivity contribution is 5.33. The normalized spacial score (nSPS) is 9.18. The quantitative estimate of drug-likeness (QED) is 0.600. The molecule has 1 aromatic carbocycles. The molecule has 0 spiro atoms. The van der Waals surface area contributed by atoms with Crippen LogP contribution in [-0.4, -0.2) is 0 Å². The van der Waals surface area contributed by atoms with E-state index in [1.54, 1.807) is 6.07 Å². The molecule has 0 atom stereocenters. The first-order valence-electron chi connectivity index (χ1n) is 3.46. The van der Waals surface area contributed by atoms with Gasteiger partial charge in [0, 0.05) is 0 Å². The van der Waals surface area contributed by atoms with E-state index in [0.717, 1.165) is 0 Å². The van der Waals surface area contributed by atoms with Gasteiger partial charge in [-0.2, -0.15) is 5.26 Å². The Hall–Kier alpha value is -1.36. The van der Waals surface area contributed by atoms with E-state index in [0.29, 0.717) is 17.5 Å². The van der Waals surface area contributed by atoms with Gasteiger partial charge < -0.3 is 0 Å². The predicted molar refractivity (Wildman–Crippen MR) is 40.5 cm³/mol. The summed E-state index contributed by atoms with van der Waals surface area (Å²) >= 11 is 0. The van der Waals surface area contributed by atoms with E-state index in [9.17, 15) is 4.39 Å². The van der Waals surface area contributed by atoms with Crippen molar-refractivity contribution in [1.82, 2.24) is 0 Å². The van der Waals surface area contributed by atoms with Crippen LogP contribution < -0.4 is 0 Å². The molecule has 1 rings (SSSR count). The number of nitriles is 1. The lowest BCUT2D eigenvalue weighted by atomic mass is 10.1. The topological polar surface area (TPSA) is 23.8 Å². The average molecular weight is 149 g/mol. The maximum atomic E-state index is 12.8. The summed E-state index contributed by atoms with van der Waals surface area (Å²) in [4.78, 5) is 0. The first-order chi connectivity index (χ1) is 5.27. The third-order valence-electron chi connectivity index (χ3n) is 1.56. The zero-order valence-corrected chi connectivity index (χ0v) is 6.26. The van der Waals surface area contributed by atoms with Crippen molar-refractivity contribution in [3.05, 3.63) is 35.1 Å². The summed E-state index contributed by atoms with van der Waals surface area (Å²) in [5.74, 6) is -0.230. The third kappa shape index (κ3) is 1.56. The van der Waals surface area contributed by atoms with Crippen molar-refractivity contribution >= 4 is 0 Å². The molecule has 0 radical (unpaired) electrons. The Morgan fingerprint density at radius 1 is 1.55 bits per heavy atom. The van der Waals surface area contributed by atoms with Gasteiger partial charge in [-0.05, 0) is 30.2 Å². The molecular weight excluding hydrogens is 141 g/mol. The summed E-state index contributed by atoms with van der Waals surface area (Å²) in [5, 5.41) is 8.48. The van der Waals surface area contributed by atoms with Crippen LogP contribution in [0.4, 0.5) is 4.39 Å². The fourth-order valence-electron chi connectivity index (χ4n) is 0.915. The van der Waals surface area contributed by atoms with E-state index in [1.807, 2.05) is 13.0 Å². The molecule has 1 aromatic rings. The number of halogens is 1. The van der Waals surface area contributed by atoms with Crippen molar-refractivity contribution in [1.29, 1.82) is 5.26 Å². The zero-order valence-electron chi connectivity index (χ0n) is 6.26. The number of nitrogens with zero attached hydrogens (tertiary/aromatic N) is 1. The molecule has 0 aromatic heterocycles. The van der Waals surface area contributed by atoms with Gasteiger partial charge >= 0.3 is 0 Å². The molecule has 0 saturated heterocycles. The lowest BCUT2D eigenvalue weighted by Crippen LogP contribution is -1.87. The Kier molecular flexibility index (Phi) is 2.22. The number of aryl methyl sites for hydroxylation is 1. The average Bonchev–Trinajstić information content (AvgIpc) is 2.05. The predicted octanol–water partition coefficient (Wildman–Crippen LogP) is 2.26. The lowest BCUT2D eigenvalue weighted by Gasteiger charge is -1.97. The molecule has 0 bridgehead atoms. The highest BCUT2D eigenvalue weighted by Gasteiger charge is 1.99. The number of rotatable bonds is 1. The molecule has 0 amide bonds. The molecule has 0 fully saturated rings. The maximum absolute atomic E-state index is 12.8. The minimum absolute atomic E-state index is 0.230. The second kappa shape index (κ2) is 3.16. The van der Waals surface area contributed by atoms with Crippen molar-refractivity contribution in [3.8, 4) is 6.07 Å². The van der Waals surface area contributed by atoms with Crippen LogP contribution in [-0.2, 0) is 6.42 Å². The van der Waals surface area contributed by atoms with Gasteiger partial charge in [0.25, 0.3) is 0 Å². The van der Waals surface area contributed by atoms with Crippen LogP contribution in [0.3, 0.4) is 0 Å². The number of hydrogen-bond donors (Lipinski definition) is 0. The Balaban J connectivity index is 3.15. The van der Waals surface area contributed by atoms with Gasteiger partial charge in [-0.25, -0.2) is 4.39 Å². The summed E-state index contributed by atoms with van der Waals surface area (Å²) in [6, 6.07) is 6.35. The van der Waals surface area contributed by atoms with Crippen molar-refractivity contribution in [2.24, 2.45) is 0 Å². The summed E-state index contributed by atoms with van der Waals surface area (Å²) in [6.45, 7) is 1.86. The molecule has 11 heavy (non-hydrogen) atoms. The van der Waals surface area contributed by atoms with Crippen molar-refractivity contribution in [2.75, 3.05) is 0 Å². The van der Waals surface area contributed by atoms with E-state index >= 15 is 0 Å². The highest BCUT2D eigenvalue weighted by atomic mass is 19.1. The van der Waals surface area contributed by atoms with E-state index < -0.39 is 0 Å². The monoisotopic (exact) mass is 149 g/mol. The minimum Gasteiger partial charge on any atom is -0.207 e. The van der Waals surface area contributed by atoms with Crippen LogP contribution in [0.1, 0.15) is 18.1 Å². The van der Waals surface area contributed by atoms with Crippen molar-refractivity contribution in [3.63, 3.8) is 0 Å². The standard InChI is InChI=1S/C9H8FN/c1-2-8-5-7(6-11)3-4-9(8)10/h3-5H,2H2,1H3. The second-order valence-electron chi connectivity index (χ2n) is 2.27. The van der Waals surface area contributed by atoms with Crippen LogP contribution in [0.2, 0.25) is 0 Å². The Labute approximate surface area is 65.1 Å². The fourth-order valence-corrected chi connectivity index (χ4v) is 0.915. The van der Waals surface area contributed by atoms with Gasteiger partial charge in [-0.1, -0.05) is 6.92 Å². The van der Waals surface area contributed by atoms with Crippen LogP contribution in [0.25, 0.3) is 0 Å². The molecule has 56 valence electrons. The van der Waals surface area contributed by atoms with Gasteiger partial charge in [0.15, 0.2) is 0 Å². The molecule has 0 N–H and O–H groups in total.